The molecule has 0 aliphatic carbocycles. The number of ether oxygens (including phenoxy) is 2. The van der Waals surface area contributed by atoms with Crippen molar-refractivity contribution in [2.24, 2.45) is 5.73 Å². The van der Waals surface area contributed by atoms with Crippen LogP contribution in [0.25, 0.3) is 11.1 Å². The van der Waals surface area contributed by atoms with Crippen molar-refractivity contribution < 1.29 is 19.1 Å². The summed E-state index contributed by atoms with van der Waals surface area (Å²) in [4.78, 5) is 25.5. The average Bonchev–Trinajstić information content (AvgIpc) is 3.36. The molecule has 3 rings (SSSR count). The Morgan fingerprint density at radius 3 is 2.40 bits per heavy atom. The van der Waals surface area contributed by atoms with E-state index in [9.17, 15) is 9.59 Å². The molecule has 0 aliphatic heterocycles. The number of primary amides is 1. The lowest BCUT2D eigenvalue weighted by Crippen LogP contribution is -2.13. The number of carbonyl (C=O) groups excluding carboxylic acids is 2. The second-order valence-electron chi connectivity index (χ2n) is 6.93. The smallest absolute Gasteiger partial charge is 0.305 e. The maximum absolute atomic E-state index is 12.4. The summed E-state index contributed by atoms with van der Waals surface area (Å²) in [6.45, 7) is 2.60. The number of hydrogen-bond donors (Lipinski definition) is 1. The monoisotopic (exact) mass is 426 g/mol. The minimum absolute atomic E-state index is 0.223. The van der Waals surface area contributed by atoms with Crippen LogP contribution in [0.15, 0.2) is 41.8 Å². The second-order valence-corrected chi connectivity index (χ2v) is 7.96. The van der Waals surface area contributed by atoms with Crippen LogP contribution in [0.5, 0.6) is 5.75 Å². The molecule has 2 N–H and O–H groups in total. The minimum atomic E-state index is -0.479. The average molecular weight is 427 g/mol. The van der Waals surface area contributed by atoms with Crippen molar-refractivity contribution in [3.05, 3.63) is 63.6 Å². The first-order valence-electron chi connectivity index (χ1n) is 9.71. The summed E-state index contributed by atoms with van der Waals surface area (Å²) in [7, 11) is 2.99. The maximum atomic E-state index is 12.4. The van der Waals surface area contributed by atoms with Crippen molar-refractivity contribution >= 4 is 23.2 Å². The van der Waals surface area contributed by atoms with Crippen LogP contribution < -0.4 is 10.5 Å². The quantitative estimate of drug-likeness (QED) is 0.525. The molecule has 30 heavy (non-hydrogen) atoms. The van der Waals surface area contributed by atoms with Gasteiger partial charge in [-0.05, 0) is 48.9 Å². The topological polar surface area (TPSA) is 83.6 Å². The van der Waals surface area contributed by atoms with Crippen molar-refractivity contribution in [1.29, 1.82) is 0 Å². The van der Waals surface area contributed by atoms with Gasteiger partial charge in [0.1, 0.15) is 5.75 Å². The minimum Gasteiger partial charge on any atom is -0.497 e. The van der Waals surface area contributed by atoms with Crippen molar-refractivity contribution in [2.75, 3.05) is 14.2 Å². The summed E-state index contributed by atoms with van der Waals surface area (Å²) in [5, 5.41) is 2.05. The predicted molar refractivity (Wildman–Crippen MR) is 118 cm³/mol. The van der Waals surface area contributed by atoms with Gasteiger partial charge in [0, 0.05) is 28.4 Å². The first-order chi connectivity index (χ1) is 14.5. The Hall–Kier alpha value is -3.06. The van der Waals surface area contributed by atoms with E-state index < -0.39 is 5.91 Å². The number of aromatic nitrogens is 1. The van der Waals surface area contributed by atoms with Crippen LogP contribution >= 0.6 is 11.3 Å². The highest BCUT2D eigenvalue weighted by atomic mass is 32.1. The summed E-state index contributed by atoms with van der Waals surface area (Å²) >= 11 is 1.70. The van der Waals surface area contributed by atoms with Crippen LogP contribution in [0.3, 0.4) is 0 Å². The first kappa shape index (κ1) is 21.6. The van der Waals surface area contributed by atoms with Gasteiger partial charge < -0.3 is 19.8 Å². The van der Waals surface area contributed by atoms with E-state index in [-0.39, 0.29) is 12.4 Å². The highest BCUT2D eigenvalue weighted by molar-refractivity contribution is 7.09. The third-order valence-electron chi connectivity index (χ3n) is 5.21. The molecule has 2 heterocycles. The van der Waals surface area contributed by atoms with Crippen LogP contribution in [0, 0.1) is 6.92 Å². The number of nitrogens with zero attached hydrogens (tertiary/aromatic N) is 1. The van der Waals surface area contributed by atoms with Crippen LogP contribution in [-0.2, 0) is 28.9 Å². The molecular weight excluding hydrogens is 400 g/mol. The molecule has 1 amide bonds. The van der Waals surface area contributed by atoms with Gasteiger partial charge in [-0.3, -0.25) is 9.59 Å². The molecule has 0 aliphatic rings. The second kappa shape index (κ2) is 9.63. The van der Waals surface area contributed by atoms with Crippen molar-refractivity contribution in [3.8, 4) is 16.9 Å². The molecule has 7 heteroatoms. The molecule has 158 valence electrons. The fourth-order valence-electron chi connectivity index (χ4n) is 3.73. The first-order valence-corrected chi connectivity index (χ1v) is 10.6. The van der Waals surface area contributed by atoms with Crippen molar-refractivity contribution in [1.82, 2.24) is 4.57 Å². The number of aryl methyl sites for hydroxylation is 1. The number of methoxy groups -OCH3 is 2. The molecule has 2 aromatic heterocycles. The van der Waals surface area contributed by atoms with Crippen molar-refractivity contribution in [2.45, 2.75) is 32.7 Å². The van der Waals surface area contributed by atoms with E-state index in [0.29, 0.717) is 18.5 Å². The standard InChI is InChI=1S/C23H26N2O4S/c1-15-21(23(24)27)22(16-6-8-17(28-2)9-7-16)19(10-11-20(26)29-3)25(15)13-12-18-5-4-14-30-18/h4-9,14H,10-13H2,1-3H3,(H2,24,27). The van der Waals surface area contributed by atoms with Crippen LogP contribution in [0.2, 0.25) is 0 Å². The molecule has 3 aromatic rings. The highest BCUT2D eigenvalue weighted by Gasteiger charge is 2.25. The molecule has 0 spiro atoms. The fourth-order valence-corrected chi connectivity index (χ4v) is 4.43. The molecular formula is C23H26N2O4S. The van der Waals surface area contributed by atoms with E-state index in [1.165, 1.54) is 12.0 Å². The van der Waals surface area contributed by atoms with Crippen LogP contribution in [0.1, 0.15) is 33.0 Å². The van der Waals surface area contributed by atoms with Gasteiger partial charge in [0.25, 0.3) is 5.91 Å². The number of benzene rings is 1. The number of nitrogens with two attached hydrogens (primary N) is 1. The summed E-state index contributed by atoms with van der Waals surface area (Å²) < 4.78 is 12.2. The van der Waals surface area contributed by atoms with Gasteiger partial charge in [0.15, 0.2) is 0 Å². The molecule has 0 fully saturated rings. The van der Waals surface area contributed by atoms with Gasteiger partial charge in [-0.25, -0.2) is 0 Å². The van der Waals surface area contributed by atoms with E-state index in [1.54, 1.807) is 18.4 Å². The largest absolute Gasteiger partial charge is 0.497 e. The maximum Gasteiger partial charge on any atom is 0.305 e. The van der Waals surface area contributed by atoms with Crippen LogP contribution in [0.4, 0.5) is 0 Å². The normalized spacial score (nSPS) is 10.8. The fraction of sp³-hybridized carbons (Fsp3) is 0.304. The Bertz CT molecular complexity index is 1020. The molecule has 0 saturated carbocycles. The lowest BCUT2D eigenvalue weighted by Gasteiger charge is -2.13. The third-order valence-corrected chi connectivity index (χ3v) is 6.15. The zero-order valence-corrected chi connectivity index (χ0v) is 18.3. The highest BCUT2D eigenvalue weighted by Crippen LogP contribution is 2.35. The molecule has 0 unspecified atom stereocenters. The number of carbonyl (C=O) groups is 2. The Morgan fingerprint density at radius 2 is 1.83 bits per heavy atom. The van der Waals surface area contributed by atoms with Gasteiger partial charge in [0.2, 0.25) is 0 Å². The van der Waals surface area contributed by atoms with Gasteiger partial charge in [-0.1, -0.05) is 18.2 Å². The van der Waals surface area contributed by atoms with Gasteiger partial charge in [-0.2, -0.15) is 0 Å². The zero-order valence-electron chi connectivity index (χ0n) is 17.4. The number of rotatable bonds is 9. The van der Waals surface area contributed by atoms with Gasteiger partial charge >= 0.3 is 5.97 Å². The lowest BCUT2D eigenvalue weighted by atomic mass is 9.98. The number of hydrogen-bond acceptors (Lipinski definition) is 5. The summed E-state index contributed by atoms with van der Waals surface area (Å²) in [5.41, 5.74) is 9.65. The predicted octanol–water partition coefficient (Wildman–Crippen LogP) is 3.98. The van der Waals surface area contributed by atoms with E-state index in [0.717, 1.165) is 34.7 Å². The molecule has 6 nitrogen and oxygen atoms in total. The van der Waals surface area contributed by atoms with Gasteiger partial charge in [0.05, 0.1) is 26.2 Å². The molecule has 0 atom stereocenters. The van der Waals surface area contributed by atoms with E-state index in [4.69, 9.17) is 15.2 Å². The summed E-state index contributed by atoms with van der Waals surface area (Å²) in [6.07, 6.45) is 1.51. The Balaban J connectivity index is 2.11. The number of amides is 1. The van der Waals surface area contributed by atoms with Gasteiger partial charge in [-0.15, -0.1) is 11.3 Å². The van der Waals surface area contributed by atoms with E-state index >= 15 is 0 Å². The van der Waals surface area contributed by atoms with Crippen LogP contribution in [-0.4, -0.2) is 30.7 Å². The summed E-state index contributed by atoms with van der Waals surface area (Å²) in [6, 6.07) is 11.6. The zero-order chi connectivity index (χ0) is 21.7. The molecule has 0 bridgehead atoms. The number of thiophene rings is 1. The third kappa shape index (κ3) is 4.57. The lowest BCUT2D eigenvalue weighted by molar-refractivity contribution is -0.140. The molecule has 0 radical (unpaired) electrons. The molecule has 0 saturated heterocycles. The molecule has 1 aromatic carbocycles. The Labute approximate surface area is 180 Å². The van der Waals surface area contributed by atoms with Crippen molar-refractivity contribution in [3.63, 3.8) is 0 Å². The SMILES string of the molecule is COC(=O)CCc1c(-c2ccc(OC)cc2)c(C(N)=O)c(C)n1CCc1cccs1. The van der Waals surface area contributed by atoms with E-state index in [2.05, 4.69) is 10.6 Å². The summed E-state index contributed by atoms with van der Waals surface area (Å²) in [5.74, 6) is -0.0446. The van der Waals surface area contributed by atoms with E-state index in [1.807, 2.05) is 42.6 Å². The Morgan fingerprint density at radius 1 is 1.10 bits per heavy atom. The number of esters is 1. The Kier molecular flexibility index (Phi) is 6.95.